The summed E-state index contributed by atoms with van der Waals surface area (Å²) in [6.45, 7) is 9.62. The summed E-state index contributed by atoms with van der Waals surface area (Å²) in [6, 6.07) is 0.542. The maximum absolute atomic E-state index is 12.9. The molecule has 0 radical (unpaired) electrons. The molecule has 0 spiro atoms. The predicted octanol–water partition coefficient (Wildman–Crippen LogP) is -0.572. The summed E-state index contributed by atoms with van der Waals surface area (Å²) < 4.78 is 0. The SMILES string of the molecule is CC(C)C(=O)NCC1CC(N)CC(C(C)(C)C(=O)NCC2CCC(N)CN2)N1. The molecule has 0 saturated carbocycles. The number of hydrogen-bond donors (Lipinski definition) is 6. The number of carbonyl (C=O) groups is 2. The Morgan fingerprint density at radius 1 is 1.04 bits per heavy atom. The summed E-state index contributed by atoms with van der Waals surface area (Å²) in [5.74, 6) is 0.0214. The average Bonchev–Trinajstić information content (AvgIpc) is 2.64. The van der Waals surface area contributed by atoms with E-state index in [4.69, 9.17) is 11.5 Å². The molecule has 0 bridgehead atoms. The van der Waals surface area contributed by atoms with E-state index in [1.54, 1.807) is 0 Å². The van der Waals surface area contributed by atoms with Crippen molar-refractivity contribution in [1.82, 2.24) is 21.3 Å². The first kappa shape index (κ1) is 23.1. The van der Waals surface area contributed by atoms with Crippen molar-refractivity contribution in [2.45, 2.75) is 83.6 Å². The van der Waals surface area contributed by atoms with Gasteiger partial charge in [0.15, 0.2) is 0 Å². The van der Waals surface area contributed by atoms with E-state index in [0.717, 1.165) is 32.2 Å². The van der Waals surface area contributed by atoms with Crippen LogP contribution in [0.1, 0.15) is 53.4 Å². The first-order valence-electron chi connectivity index (χ1n) is 10.7. The van der Waals surface area contributed by atoms with Crippen molar-refractivity contribution in [3.63, 3.8) is 0 Å². The van der Waals surface area contributed by atoms with Crippen molar-refractivity contribution in [2.24, 2.45) is 22.8 Å². The number of nitrogens with two attached hydrogens (primary N) is 2. The summed E-state index contributed by atoms with van der Waals surface area (Å²) in [7, 11) is 0. The van der Waals surface area contributed by atoms with Crippen molar-refractivity contribution in [3.8, 4) is 0 Å². The van der Waals surface area contributed by atoms with E-state index in [1.807, 2.05) is 27.7 Å². The van der Waals surface area contributed by atoms with Crippen molar-refractivity contribution in [1.29, 1.82) is 0 Å². The third-order valence-corrected chi connectivity index (χ3v) is 6.13. The molecular formula is C20H40N6O2. The van der Waals surface area contributed by atoms with Crippen LogP contribution in [0.3, 0.4) is 0 Å². The lowest BCUT2D eigenvalue weighted by Gasteiger charge is -2.42. The zero-order valence-electron chi connectivity index (χ0n) is 17.9. The van der Waals surface area contributed by atoms with E-state index in [9.17, 15) is 9.59 Å². The number of piperidine rings is 2. The minimum atomic E-state index is -0.594. The molecule has 8 N–H and O–H groups in total. The van der Waals surface area contributed by atoms with Gasteiger partial charge in [0.2, 0.25) is 11.8 Å². The summed E-state index contributed by atoms with van der Waals surface area (Å²) in [6.07, 6.45) is 3.50. The molecule has 2 aliphatic heterocycles. The monoisotopic (exact) mass is 396 g/mol. The molecule has 0 aliphatic carbocycles. The van der Waals surface area contributed by atoms with Gasteiger partial charge in [0.1, 0.15) is 0 Å². The second kappa shape index (κ2) is 10.0. The topological polar surface area (TPSA) is 134 Å². The first-order valence-corrected chi connectivity index (χ1v) is 10.7. The molecule has 2 fully saturated rings. The largest absolute Gasteiger partial charge is 0.354 e. The molecule has 2 saturated heterocycles. The van der Waals surface area contributed by atoms with Crippen LogP contribution in [0.5, 0.6) is 0 Å². The van der Waals surface area contributed by atoms with E-state index in [1.165, 1.54) is 0 Å². The van der Waals surface area contributed by atoms with Crippen molar-refractivity contribution in [3.05, 3.63) is 0 Å². The fraction of sp³-hybridized carbons (Fsp3) is 0.900. The zero-order chi connectivity index (χ0) is 20.9. The van der Waals surface area contributed by atoms with Gasteiger partial charge in [-0.3, -0.25) is 9.59 Å². The Labute approximate surface area is 169 Å². The van der Waals surface area contributed by atoms with Crippen LogP contribution in [-0.2, 0) is 9.59 Å². The fourth-order valence-electron chi connectivity index (χ4n) is 3.97. The van der Waals surface area contributed by atoms with Crippen LogP contribution in [0.4, 0.5) is 0 Å². The lowest BCUT2D eigenvalue weighted by molar-refractivity contribution is -0.132. The van der Waals surface area contributed by atoms with Gasteiger partial charge in [-0.05, 0) is 39.5 Å². The fourth-order valence-corrected chi connectivity index (χ4v) is 3.97. The number of rotatable bonds is 7. The Kier molecular flexibility index (Phi) is 8.24. The van der Waals surface area contributed by atoms with Gasteiger partial charge in [-0.2, -0.15) is 0 Å². The molecule has 8 nitrogen and oxygen atoms in total. The van der Waals surface area contributed by atoms with E-state index in [0.29, 0.717) is 13.1 Å². The third kappa shape index (κ3) is 6.40. The lowest BCUT2D eigenvalue weighted by atomic mass is 9.76. The molecule has 2 amide bonds. The molecule has 0 aromatic rings. The zero-order valence-corrected chi connectivity index (χ0v) is 17.9. The summed E-state index contributed by atoms with van der Waals surface area (Å²) in [4.78, 5) is 24.8. The van der Waals surface area contributed by atoms with Crippen LogP contribution in [0.15, 0.2) is 0 Å². The molecule has 162 valence electrons. The van der Waals surface area contributed by atoms with Crippen molar-refractivity contribution >= 4 is 11.8 Å². The first-order chi connectivity index (χ1) is 13.1. The molecule has 28 heavy (non-hydrogen) atoms. The van der Waals surface area contributed by atoms with Gasteiger partial charge < -0.3 is 32.7 Å². The maximum Gasteiger partial charge on any atom is 0.227 e. The normalized spacial score (nSPS) is 31.5. The maximum atomic E-state index is 12.9. The van der Waals surface area contributed by atoms with Gasteiger partial charge in [-0.1, -0.05) is 13.8 Å². The van der Waals surface area contributed by atoms with Crippen LogP contribution in [-0.4, -0.2) is 61.7 Å². The van der Waals surface area contributed by atoms with Gasteiger partial charge in [-0.25, -0.2) is 0 Å². The van der Waals surface area contributed by atoms with Gasteiger partial charge in [-0.15, -0.1) is 0 Å². The average molecular weight is 397 g/mol. The molecule has 8 heteroatoms. The van der Waals surface area contributed by atoms with Crippen LogP contribution >= 0.6 is 0 Å². The van der Waals surface area contributed by atoms with Crippen LogP contribution < -0.4 is 32.7 Å². The smallest absolute Gasteiger partial charge is 0.227 e. The summed E-state index contributed by atoms with van der Waals surface area (Å²) in [5, 5.41) is 13.0. The van der Waals surface area contributed by atoms with E-state index in [-0.39, 0.29) is 47.9 Å². The minimum Gasteiger partial charge on any atom is -0.354 e. The molecule has 2 rings (SSSR count). The highest BCUT2D eigenvalue weighted by Gasteiger charge is 2.41. The molecular weight excluding hydrogens is 356 g/mol. The van der Waals surface area contributed by atoms with E-state index in [2.05, 4.69) is 21.3 Å². The molecule has 5 unspecified atom stereocenters. The van der Waals surface area contributed by atoms with Crippen molar-refractivity contribution in [2.75, 3.05) is 19.6 Å². The number of nitrogens with one attached hydrogen (secondary N) is 4. The summed E-state index contributed by atoms with van der Waals surface area (Å²) >= 11 is 0. The summed E-state index contributed by atoms with van der Waals surface area (Å²) in [5.41, 5.74) is 11.6. The molecule has 0 aromatic carbocycles. The Morgan fingerprint density at radius 2 is 1.71 bits per heavy atom. The number of amides is 2. The highest BCUT2D eigenvalue weighted by Crippen LogP contribution is 2.28. The van der Waals surface area contributed by atoms with Crippen LogP contribution in [0.2, 0.25) is 0 Å². The molecule has 2 aliphatic rings. The quantitative estimate of drug-likeness (QED) is 0.341. The van der Waals surface area contributed by atoms with Crippen molar-refractivity contribution < 1.29 is 9.59 Å². The highest BCUT2D eigenvalue weighted by molar-refractivity contribution is 5.82. The lowest BCUT2D eigenvalue weighted by Crippen LogP contribution is -2.62. The highest BCUT2D eigenvalue weighted by atomic mass is 16.2. The van der Waals surface area contributed by atoms with E-state index >= 15 is 0 Å². The Bertz CT molecular complexity index is 531. The molecule has 0 aromatic heterocycles. The predicted molar refractivity (Wildman–Crippen MR) is 112 cm³/mol. The minimum absolute atomic E-state index is 0.0146. The third-order valence-electron chi connectivity index (χ3n) is 6.13. The van der Waals surface area contributed by atoms with E-state index < -0.39 is 5.41 Å². The Hall–Kier alpha value is -1.22. The van der Waals surface area contributed by atoms with Gasteiger partial charge in [0.05, 0.1) is 5.41 Å². The van der Waals surface area contributed by atoms with Gasteiger partial charge in [0.25, 0.3) is 0 Å². The second-order valence-corrected chi connectivity index (χ2v) is 9.42. The Balaban J connectivity index is 1.87. The van der Waals surface area contributed by atoms with Crippen LogP contribution in [0.25, 0.3) is 0 Å². The number of hydrogen-bond acceptors (Lipinski definition) is 6. The number of carbonyl (C=O) groups excluding carboxylic acids is 2. The van der Waals surface area contributed by atoms with Gasteiger partial charge >= 0.3 is 0 Å². The van der Waals surface area contributed by atoms with Crippen LogP contribution in [0, 0.1) is 11.3 Å². The standard InChI is InChI=1S/C20H40N6O2/c1-12(2)18(27)24-11-16-7-14(22)8-17(26-16)20(3,4)19(28)25-10-15-6-5-13(21)9-23-15/h12-17,23,26H,5-11,21-22H2,1-4H3,(H,24,27)(H,25,28). The van der Waals surface area contributed by atoms with Gasteiger partial charge in [0, 0.05) is 55.8 Å². The molecule has 5 atom stereocenters. The molecule has 2 heterocycles. The Morgan fingerprint density at radius 3 is 2.32 bits per heavy atom. The second-order valence-electron chi connectivity index (χ2n) is 9.42.